The predicted molar refractivity (Wildman–Crippen MR) is 146 cm³/mol. The Hall–Kier alpha value is -2.57. The smallest absolute Gasteiger partial charge is 0.306 e. The average molecular weight is 523 g/mol. The Kier molecular flexibility index (Phi) is 8.90. The topological polar surface area (TPSA) is 69.8 Å². The fourth-order valence-corrected chi connectivity index (χ4v) is 5.39. The normalized spacial score (nSPS) is 25.1. The average Bonchev–Trinajstić information content (AvgIpc) is 3.86. The maximum Gasteiger partial charge on any atom is 0.306 e. The fourth-order valence-electron chi connectivity index (χ4n) is 5.39. The van der Waals surface area contributed by atoms with Crippen LogP contribution in [0.2, 0.25) is 0 Å². The summed E-state index contributed by atoms with van der Waals surface area (Å²) in [5.74, 6) is 2.72. The molecular weight excluding hydrogens is 480 g/mol. The molecule has 6 heteroatoms. The highest BCUT2D eigenvalue weighted by Crippen LogP contribution is 2.36. The molecule has 6 nitrogen and oxygen atoms in total. The monoisotopic (exact) mass is 522 g/mol. The van der Waals surface area contributed by atoms with Crippen molar-refractivity contribution in [1.29, 1.82) is 0 Å². The molecule has 3 atom stereocenters. The van der Waals surface area contributed by atoms with Crippen LogP contribution < -0.4 is 9.47 Å². The molecule has 0 aromatic heterocycles. The third kappa shape index (κ3) is 7.51. The van der Waals surface area contributed by atoms with E-state index in [1.54, 1.807) is 0 Å². The maximum absolute atomic E-state index is 12.9. The highest BCUT2D eigenvalue weighted by atomic mass is 16.6. The van der Waals surface area contributed by atoms with E-state index in [-0.39, 0.29) is 30.2 Å². The molecule has 206 valence electrons. The van der Waals surface area contributed by atoms with Gasteiger partial charge in [-0.05, 0) is 84.7 Å². The van der Waals surface area contributed by atoms with E-state index in [1.165, 1.54) is 16.7 Å². The standard InChI is InChI=1S/C32H42O6/c1-4-22(25-9-14-31(30(15-25)21(2)3)37-20-29-19-36-29)16-32(33)38-27-12-7-24(8-13-27)23-5-10-26(11-6-23)34-17-28-18-35-28/h5-6,9-11,14-15,21-22,24,27-29H,4,7-8,12-13,16-20H2,1-3H3. The van der Waals surface area contributed by atoms with Crippen molar-refractivity contribution in [2.45, 2.75) is 95.4 Å². The van der Waals surface area contributed by atoms with Crippen molar-refractivity contribution in [2.24, 2.45) is 0 Å². The molecule has 2 aromatic carbocycles. The lowest BCUT2D eigenvalue weighted by atomic mass is 9.82. The van der Waals surface area contributed by atoms with E-state index in [0.717, 1.165) is 56.8 Å². The van der Waals surface area contributed by atoms with E-state index >= 15 is 0 Å². The SMILES string of the molecule is CCC(CC(=O)OC1CCC(c2ccc(OCC3CO3)cc2)CC1)c1ccc(OCC2CO2)c(C(C)C)c1. The summed E-state index contributed by atoms with van der Waals surface area (Å²) in [6, 6.07) is 14.8. The van der Waals surface area contributed by atoms with Crippen LogP contribution in [0.4, 0.5) is 0 Å². The van der Waals surface area contributed by atoms with Crippen LogP contribution in [0.25, 0.3) is 0 Å². The van der Waals surface area contributed by atoms with Crippen molar-refractivity contribution in [3.63, 3.8) is 0 Å². The van der Waals surface area contributed by atoms with Crippen LogP contribution in [0.3, 0.4) is 0 Å². The summed E-state index contributed by atoms with van der Waals surface area (Å²) in [4.78, 5) is 12.9. The zero-order valence-corrected chi connectivity index (χ0v) is 23.0. The highest BCUT2D eigenvalue weighted by molar-refractivity contribution is 5.71. The van der Waals surface area contributed by atoms with E-state index in [4.69, 9.17) is 23.7 Å². The first-order valence-corrected chi connectivity index (χ1v) is 14.4. The fraction of sp³-hybridized carbons (Fsp3) is 0.594. The van der Waals surface area contributed by atoms with Crippen LogP contribution in [-0.2, 0) is 19.0 Å². The number of benzene rings is 2. The zero-order chi connectivity index (χ0) is 26.5. The number of epoxide rings is 2. The summed E-state index contributed by atoms with van der Waals surface area (Å²) in [5.41, 5.74) is 3.71. The van der Waals surface area contributed by atoms with Gasteiger partial charge in [-0.1, -0.05) is 45.0 Å². The Balaban J connectivity index is 1.09. The van der Waals surface area contributed by atoms with Crippen LogP contribution in [0.1, 0.15) is 93.7 Å². The van der Waals surface area contributed by atoms with Crippen molar-refractivity contribution in [3.05, 3.63) is 59.2 Å². The minimum Gasteiger partial charge on any atom is -0.491 e. The predicted octanol–water partition coefficient (Wildman–Crippen LogP) is 6.52. The Morgan fingerprint density at radius 2 is 1.58 bits per heavy atom. The summed E-state index contributed by atoms with van der Waals surface area (Å²) in [5, 5.41) is 0. The first kappa shape index (κ1) is 27.0. The second-order valence-corrected chi connectivity index (χ2v) is 11.3. The zero-order valence-electron chi connectivity index (χ0n) is 23.0. The van der Waals surface area contributed by atoms with Crippen molar-refractivity contribution < 1.29 is 28.5 Å². The van der Waals surface area contributed by atoms with Gasteiger partial charge in [0.25, 0.3) is 0 Å². The molecular formula is C32H42O6. The van der Waals surface area contributed by atoms with Crippen molar-refractivity contribution in [1.82, 2.24) is 0 Å². The van der Waals surface area contributed by atoms with Gasteiger partial charge in [-0.25, -0.2) is 0 Å². The molecule has 2 aromatic rings. The summed E-state index contributed by atoms with van der Waals surface area (Å²) in [7, 11) is 0. The van der Waals surface area contributed by atoms with Gasteiger partial charge in [0.15, 0.2) is 0 Å². The molecule has 5 rings (SSSR count). The Morgan fingerprint density at radius 1 is 0.921 bits per heavy atom. The van der Waals surface area contributed by atoms with Crippen LogP contribution in [0.5, 0.6) is 11.5 Å². The molecule has 0 amide bonds. The Morgan fingerprint density at radius 3 is 2.18 bits per heavy atom. The van der Waals surface area contributed by atoms with Crippen molar-refractivity contribution in [3.8, 4) is 11.5 Å². The quantitative estimate of drug-likeness (QED) is 0.220. The van der Waals surface area contributed by atoms with E-state index in [1.807, 2.05) is 0 Å². The molecule has 2 aliphatic heterocycles. The number of hydrogen-bond acceptors (Lipinski definition) is 6. The van der Waals surface area contributed by atoms with Crippen molar-refractivity contribution >= 4 is 5.97 Å². The lowest BCUT2D eigenvalue weighted by Crippen LogP contribution is -2.24. The third-order valence-electron chi connectivity index (χ3n) is 8.02. The Labute approximate surface area is 226 Å². The molecule has 1 aliphatic carbocycles. The van der Waals surface area contributed by atoms with E-state index < -0.39 is 0 Å². The second kappa shape index (κ2) is 12.5. The van der Waals surface area contributed by atoms with Crippen molar-refractivity contribution in [2.75, 3.05) is 26.4 Å². The largest absolute Gasteiger partial charge is 0.491 e. The van der Waals surface area contributed by atoms with Gasteiger partial charge in [0.05, 0.1) is 19.6 Å². The van der Waals surface area contributed by atoms with Crippen LogP contribution in [-0.4, -0.2) is 50.7 Å². The second-order valence-electron chi connectivity index (χ2n) is 11.3. The summed E-state index contributed by atoms with van der Waals surface area (Å²) >= 11 is 0. The van der Waals surface area contributed by atoms with Gasteiger partial charge in [0, 0.05) is 0 Å². The van der Waals surface area contributed by atoms with E-state index in [2.05, 4.69) is 63.2 Å². The number of carbonyl (C=O) groups is 1. The van der Waals surface area contributed by atoms with Crippen LogP contribution in [0.15, 0.2) is 42.5 Å². The van der Waals surface area contributed by atoms with Gasteiger partial charge in [-0.15, -0.1) is 0 Å². The van der Waals surface area contributed by atoms with E-state index in [0.29, 0.717) is 31.5 Å². The highest BCUT2D eigenvalue weighted by Gasteiger charge is 2.27. The first-order chi connectivity index (χ1) is 18.5. The number of esters is 1. The molecule has 3 aliphatic rings. The van der Waals surface area contributed by atoms with Gasteiger partial charge >= 0.3 is 5.97 Å². The molecule has 2 saturated heterocycles. The number of carbonyl (C=O) groups excluding carboxylic acids is 1. The lowest BCUT2D eigenvalue weighted by molar-refractivity contribution is -0.151. The summed E-state index contributed by atoms with van der Waals surface area (Å²) in [6.07, 6.45) is 5.73. The Bertz CT molecular complexity index is 1050. The number of hydrogen-bond donors (Lipinski definition) is 0. The summed E-state index contributed by atoms with van der Waals surface area (Å²) < 4.78 is 28.2. The molecule has 2 heterocycles. The molecule has 3 unspecified atom stereocenters. The van der Waals surface area contributed by atoms with Crippen LogP contribution in [0, 0.1) is 0 Å². The molecule has 1 saturated carbocycles. The van der Waals surface area contributed by atoms with E-state index in [9.17, 15) is 4.79 Å². The molecule has 3 fully saturated rings. The van der Waals surface area contributed by atoms with Gasteiger partial charge in [0.2, 0.25) is 0 Å². The lowest BCUT2D eigenvalue weighted by Gasteiger charge is -2.29. The van der Waals surface area contributed by atoms with Gasteiger partial charge in [0.1, 0.15) is 43.0 Å². The molecule has 0 N–H and O–H groups in total. The minimum absolute atomic E-state index is 0.0176. The molecule has 38 heavy (non-hydrogen) atoms. The number of rotatable bonds is 13. The van der Waals surface area contributed by atoms with Crippen LogP contribution >= 0.6 is 0 Å². The third-order valence-corrected chi connectivity index (χ3v) is 8.02. The number of ether oxygens (including phenoxy) is 5. The van der Waals surface area contributed by atoms with Gasteiger partial charge < -0.3 is 23.7 Å². The van der Waals surface area contributed by atoms with Gasteiger partial charge in [-0.3, -0.25) is 4.79 Å². The molecule has 0 bridgehead atoms. The summed E-state index contributed by atoms with van der Waals surface area (Å²) in [6.45, 7) is 9.32. The molecule has 0 radical (unpaired) electrons. The first-order valence-electron chi connectivity index (χ1n) is 14.4. The van der Waals surface area contributed by atoms with Gasteiger partial charge in [-0.2, -0.15) is 0 Å². The minimum atomic E-state index is -0.0845. The maximum atomic E-state index is 12.9. The molecule has 0 spiro atoms.